The molecule has 43 heavy (non-hydrogen) atoms. The minimum atomic E-state index is -4.98. The predicted molar refractivity (Wildman–Crippen MR) is 146 cm³/mol. The highest BCUT2D eigenvalue weighted by atomic mass is 19.4. The Bertz CT molecular complexity index is 1710. The molecular weight excluding hydrogens is 574 g/mol. The fourth-order valence-electron chi connectivity index (χ4n) is 6.68. The van der Waals surface area contributed by atoms with Gasteiger partial charge in [-0.3, -0.25) is 9.59 Å². The van der Waals surface area contributed by atoms with Crippen molar-refractivity contribution in [2.75, 3.05) is 12.4 Å². The number of allylic oxidation sites excluding steroid dienone is 2. The van der Waals surface area contributed by atoms with Gasteiger partial charge in [0.1, 0.15) is 11.6 Å². The van der Waals surface area contributed by atoms with Gasteiger partial charge in [-0.05, 0) is 59.7 Å². The third-order valence-electron chi connectivity index (χ3n) is 8.46. The van der Waals surface area contributed by atoms with Crippen molar-refractivity contribution in [3.8, 4) is 5.75 Å². The van der Waals surface area contributed by atoms with E-state index < -0.39 is 53.0 Å². The third kappa shape index (κ3) is 4.96. The van der Waals surface area contributed by atoms with E-state index in [0.29, 0.717) is 31.0 Å². The molecule has 11 heteroatoms. The molecule has 2 saturated carbocycles. The van der Waals surface area contributed by atoms with Crippen LogP contribution in [0, 0.1) is 35.2 Å². The van der Waals surface area contributed by atoms with Gasteiger partial charge in [0.05, 0.1) is 24.2 Å². The topological polar surface area (TPSA) is 67.4 Å². The van der Waals surface area contributed by atoms with E-state index in [0.717, 1.165) is 34.4 Å². The van der Waals surface area contributed by atoms with Gasteiger partial charge in [0.2, 0.25) is 5.91 Å². The monoisotopic (exact) mass is 598 g/mol. The summed E-state index contributed by atoms with van der Waals surface area (Å²) in [5.74, 6) is -7.26. The Labute approximate surface area is 242 Å². The van der Waals surface area contributed by atoms with Crippen molar-refractivity contribution < 1.29 is 40.7 Å². The van der Waals surface area contributed by atoms with Gasteiger partial charge >= 0.3 is 6.18 Å². The maximum atomic E-state index is 14.1. The van der Waals surface area contributed by atoms with Crippen LogP contribution in [-0.2, 0) is 11.0 Å². The fourth-order valence-corrected chi connectivity index (χ4v) is 6.68. The summed E-state index contributed by atoms with van der Waals surface area (Å²) < 4.78 is 87.0. The van der Waals surface area contributed by atoms with Gasteiger partial charge in [0, 0.05) is 23.7 Å². The van der Waals surface area contributed by atoms with Gasteiger partial charge in [-0.1, -0.05) is 42.0 Å². The molecule has 2 N–H and O–H groups in total. The summed E-state index contributed by atoms with van der Waals surface area (Å²) in [4.78, 5) is 27.3. The maximum Gasteiger partial charge on any atom is 0.419 e. The number of nitrogens with one attached hydrogen (secondary N) is 2. The number of carbonyl (C=O) groups excluding carboxylic acids is 2. The molecule has 3 aromatic carbocycles. The Kier molecular flexibility index (Phi) is 7.06. The van der Waals surface area contributed by atoms with E-state index in [1.807, 2.05) is 36.4 Å². The number of halogens is 6. The highest BCUT2D eigenvalue weighted by Gasteiger charge is 2.56. The molecule has 0 heterocycles. The van der Waals surface area contributed by atoms with Gasteiger partial charge in [-0.15, -0.1) is 0 Å². The van der Waals surface area contributed by atoms with E-state index in [1.165, 1.54) is 7.11 Å². The molecule has 2 amide bonds. The molecule has 3 aromatic rings. The summed E-state index contributed by atoms with van der Waals surface area (Å²) in [6.45, 7) is 0. The number of amides is 2. The van der Waals surface area contributed by atoms with Gasteiger partial charge in [0.25, 0.3) is 5.91 Å². The Hall–Kier alpha value is -4.54. The first kappa shape index (κ1) is 28.6. The molecule has 6 rings (SSSR count). The largest absolute Gasteiger partial charge is 0.496 e. The first-order valence-corrected chi connectivity index (χ1v) is 13.5. The van der Waals surface area contributed by atoms with E-state index in [2.05, 4.69) is 10.6 Å². The van der Waals surface area contributed by atoms with Gasteiger partial charge < -0.3 is 15.4 Å². The number of rotatable bonds is 5. The zero-order valence-corrected chi connectivity index (χ0v) is 22.6. The highest BCUT2D eigenvalue weighted by Crippen LogP contribution is 2.56. The van der Waals surface area contributed by atoms with Crippen molar-refractivity contribution in [3.05, 3.63) is 106 Å². The molecule has 0 aromatic heterocycles. The molecular formula is C32H24F6N2O3. The summed E-state index contributed by atoms with van der Waals surface area (Å²) in [6, 6.07) is 10.5. The lowest BCUT2D eigenvalue weighted by Gasteiger charge is -2.30. The van der Waals surface area contributed by atoms with Crippen molar-refractivity contribution in [2.24, 2.45) is 17.8 Å². The second-order valence-electron chi connectivity index (χ2n) is 10.8. The molecule has 4 atom stereocenters. The summed E-state index contributed by atoms with van der Waals surface area (Å²) in [6.07, 6.45) is 0.102. The van der Waals surface area contributed by atoms with Crippen molar-refractivity contribution >= 4 is 29.2 Å². The van der Waals surface area contributed by atoms with Crippen molar-refractivity contribution in [3.63, 3.8) is 0 Å². The number of hydrogen-bond acceptors (Lipinski definition) is 3. The molecule has 0 aliphatic heterocycles. The summed E-state index contributed by atoms with van der Waals surface area (Å²) in [5.41, 5.74) is 1.71. The lowest BCUT2D eigenvalue weighted by atomic mass is 9.83. The minimum Gasteiger partial charge on any atom is -0.496 e. The molecule has 3 aliphatic rings. The van der Waals surface area contributed by atoms with E-state index >= 15 is 0 Å². The zero-order chi connectivity index (χ0) is 30.6. The van der Waals surface area contributed by atoms with Crippen molar-refractivity contribution in [2.45, 2.75) is 25.1 Å². The standard InChI is InChI=1S/C32H24F6N2O3/c1-43-26-14-25(35)24(34)13-21(26)30(41)40-29-20-10-9-19(27(20)18-8-6-15-4-2-3-5-17(15)18)28(29)31(42)39-16-7-11-23(33)22(12-16)32(36,37)38/h2-8,11-14,19-20,28-29H,9-10H2,1H3,(H,39,42)(H,40,41)/b27-18-/t19?,20?,28-,29+/m0/s1. The number of alkyl halides is 3. The number of carbonyl (C=O) groups is 2. The zero-order valence-electron chi connectivity index (χ0n) is 22.6. The van der Waals surface area contributed by atoms with Crippen molar-refractivity contribution in [1.82, 2.24) is 5.32 Å². The lowest BCUT2D eigenvalue weighted by Crippen LogP contribution is -2.48. The lowest BCUT2D eigenvalue weighted by molar-refractivity contribution is -0.140. The van der Waals surface area contributed by atoms with Gasteiger partial charge in [-0.2, -0.15) is 13.2 Å². The minimum absolute atomic E-state index is 0.210. The van der Waals surface area contributed by atoms with Crippen LogP contribution < -0.4 is 15.4 Å². The number of ether oxygens (including phenoxy) is 1. The first-order chi connectivity index (χ1) is 20.5. The van der Waals surface area contributed by atoms with E-state index in [4.69, 9.17) is 4.74 Å². The first-order valence-electron chi connectivity index (χ1n) is 13.5. The molecule has 0 radical (unpaired) electrons. The van der Waals surface area contributed by atoms with Crippen LogP contribution in [0.4, 0.5) is 32.0 Å². The molecule has 3 aliphatic carbocycles. The van der Waals surface area contributed by atoms with Crippen LogP contribution in [0.2, 0.25) is 0 Å². The second kappa shape index (κ2) is 10.6. The van der Waals surface area contributed by atoms with E-state index in [-0.39, 0.29) is 28.8 Å². The molecule has 222 valence electrons. The highest BCUT2D eigenvalue weighted by molar-refractivity contribution is 6.00. The Morgan fingerprint density at radius 3 is 2.35 bits per heavy atom. The number of methoxy groups -OCH3 is 1. The van der Waals surface area contributed by atoms with Crippen LogP contribution in [0.3, 0.4) is 0 Å². The quantitative estimate of drug-likeness (QED) is 0.311. The SMILES string of the molecule is COc1cc(F)c(F)cc1C(=O)N[C@@H]1C2CCC(/C2=C2\C=Cc3ccccc32)[C@@H]1C(=O)Nc1ccc(F)c(C(F)(F)F)c1. The normalized spacial score (nSPS) is 23.8. The summed E-state index contributed by atoms with van der Waals surface area (Å²) in [7, 11) is 1.20. The van der Waals surface area contributed by atoms with Crippen molar-refractivity contribution in [1.29, 1.82) is 0 Å². The van der Waals surface area contributed by atoms with Crippen LogP contribution in [0.5, 0.6) is 5.75 Å². The molecule has 5 nitrogen and oxygen atoms in total. The Morgan fingerprint density at radius 1 is 0.884 bits per heavy atom. The van der Waals surface area contributed by atoms with Crippen LogP contribution in [0.15, 0.2) is 66.2 Å². The molecule has 2 bridgehead atoms. The molecule has 2 unspecified atom stereocenters. The fraction of sp³-hybridized carbons (Fsp3) is 0.250. The van der Waals surface area contributed by atoms with Crippen LogP contribution in [-0.4, -0.2) is 25.0 Å². The molecule has 0 spiro atoms. The van der Waals surface area contributed by atoms with Gasteiger partial charge in [-0.25, -0.2) is 13.2 Å². The van der Waals surface area contributed by atoms with Crippen LogP contribution in [0.1, 0.15) is 39.9 Å². The average molecular weight is 599 g/mol. The number of fused-ring (bicyclic) bond motifs is 3. The summed E-state index contributed by atoms with van der Waals surface area (Å²) in [5, 5.41) is 5.31. The summed E-state index contributed by atoms with van der Waals surface area (Å²) >= 11 is 0. The third-order valence-corrected chi connectivity index (χ3v) is 8.46. The van der Waals surface area contributed by atoms with E-state index in [1.54, 1.807) is 0 Å². The van der Waals surface area contributed by atoms with Crippen LogP contribution in [0.25, 0.3) is 11.6 Å². The predicted octanol–water partition coefficient (Wildman–Crippen LogP) is 7.01. The molecule has 0 saturated heterocycles. The number of hydrogen-bond donors (Lipinski definition) is 2. The number of anilines is 1. The Morgan fingerprint density at radius 2 is 1.60 bits per heavy atom. The smallest absolute Gasteiger partial charge is 0.419 e. The number of benzene rings is 3. The van der Waals surface area contributed by atoms with Crippen LogP contribution >= 0.6 is 0 Å². The Balaban J connectivity index is 1.39. The van der Waals surface area contributed by atoms with E-state index in [9.17, 15) is 35.9 Å². The molecule has 2 fully saturated rings. The average Bonchev–Trinajstić information content (AvgIpc) is 3.65. The van der Waals surface area contributed by atoms with Gasteiger partial charge in [0.15, 0.2) is 11.6 Å². The second-order valence-corrected chi connectivity index (χ2v) is 10.8. The maximum absolute atomic E-state index is 14.1.